The number of rotatable bonds is 8. The molecule has 190 valence electrons. The lowest BCUT2D eigenvalue weighted by Crippen LogP contribution is -2.43. The van der Waals surface area contributed by atoms with E-state index < -0.39 is 0 Å². The number of amides is 1. The molecule has 1 N–H and O–H groups in total. The van der Waals surface area contributed by atoms with E-state index in [0.717, 1.165) is 53.9 Å². The van der Waals surface area contributed by atoms with Crippen LogP contribution >= 0.6 is 11.6 Å². The number of anilines is 1. The average Bonchev–Trinajstić information content (AvgIpc) is 3.09. The highest BCUT2D eigenvalue weighted by Crippen LogP contribution is 2.55. The Bertz CT molecular complexity index is 1140. The van der Waals surface area contributed by atoms with Crippen LogP contribution in [0.1, 0.15) is 80.0 Å². The maximum Gasteiger partial charge on any atom is 0.228 e. The van der Waals surface area contributed by atoms with Crippen LogP contribution in [-0.2, 0) is 11.2 Å². The molecule has 1 saturated carbocycles. The Labute approximate surface area is 222 Å². The van der Waals surface area contributed by atoms with E-state index in [1.165, 1.54) is 30.4 Å². The molecule has 0 spiro atoms. The number of aryl methyl sites for hydroxylation is 3. The fourth-order valence-electron chi connectivity index (χ4n) is 6.66. The molecule has 2 nitrogen and oxygen atoms in total. The van der Waals surface area contributed by atoms with Gasteiger partial charge in [-0.1, -0.05) is 98.5 Å². The molecule has 1 amide bonds. The van der Waals surface area contributed by atoms with E-state index in [0.29, 0.717) is 5.92 Å². The summed E-state index contributed by atoms with van der Waals surface area (Å²) >= 11 is 6.35. The van der Waals surface area contributed by atoms with E-state index in [9.17, 15) is 4.79 Å². The van der Waals surface area contributed by atoms with E-state index in [1.807, 2.05) is 12.1 Å². The maximum atomic E-state index is 14.2. The molecule has 1 aliphatic rings. The quantitative estimate of drug-likeness (QED) is 0.306. The van der Waals surface area contributed by atoms with E-state index in [2.05, 4.69) is 86.8 Å². The minimum absolute atomic E-state index is 0.0704. The molecule has 0 heterocycles. The number of carbonyl (C=O) groups is 1. The number of hydrogen-bond donors (Lipinski definition) is 1. The third-order valence-corrected chi connectivity index (χ3v) is 8.68. The third-order valence-electron chi connectivity index (χ3n) is 8.45. The van der Waals surface area contributed by atoms with Gasteiger partial charge < -0.3 is 5.32 Å². The molecule has 3 atom stereocenters. The molecule has 0 radical (unpaired) electrons. The molecule has 3 aromatic rings. The average molecular weight is 502 g/mol. The van der Waals surface area contributed by atoms with Crippen LogP contribution in [0.25, 0.3) is 0 Å². The van der Waals surface area contributed by atoms with Gasteiger partial charge in [0.15, 0.2) is 0 Å². The monoisotopic (exact) mass is 501 g/mol. The zero-order valence-electron chi connectivity index (χ0n) is 22.0. The first-order valence-corrected chi connectivity index (χ1v) is 14.0. The summed E-state index contributed by atoms with van der Waals surface area (Å²) in [6.07, 6.45) is 8.56. The molecule has 0 bridgehead atoms. The maximum absolute atomic E-state index is 14.2. The highest BCUT2D eigenvalue weighted by atomic mass is 35.5. The van der Waals surface area contributed by atoms with Crippen LogP contribution < -0.4 is 5.32 Å². The van der Waals surface area contributed by atoms with Crippen LogP contribution in [0.2, 0.25) is 5.02 Å². The number of carbonyl (C=O) groups excluding carboxylic acids is 1. The Kier molecular flexibility index (Phi) is 8.90. The molecule has 36 heavy (non-hydrogen) atoms. The molecule has 1 aliphatic carbocycles. The van der Waals surface area contributed by atoms with E-state index >= 15 is 0 Å². The van der Waals surface area contributed by atoms with Crippen LogP contribution in [0.4, 0.5) is 5.69 Å². The first kappa shape index (κ1) is 26.5. The molecule has 3 heteroatoms. The Morgan fingerprint density at radius 2 is 1.69 bits per heavy atom. The number of nitrogens with one attached hydrogen (secondary N) is 1. The second kappa shape index (κ2) is 12.1. The molecule has 4 rings (SSSR count). The summed E-state index contributed by atoms with van der Waals surface area (Å²) < 4.78 is 0. The van der Waals surface area contributed by atoms with Gasteiger partial charge in [0.1, 0.15) is 0 Å². The lowest BCUT2D eigenvalue weighted by atomic mass is 9.58. The summed E-state index contributed by atoms with van der Waals surface area (Å²) in [4.78, 5) is 14.2. The molecule has 1 fully saturated rings. The van der Waals surface area contributed by atoms with Crippen LogP contribution in [0.3, 0.4) is 0 Å². The number of para-hydroxylation sites is 1. The van der Waals surface area contributed by atoms with Crippen LogP contribution in [-0.4, -0.2) is 5.91 Å². The lowest BCUT2D eigenvalue weighted by molar-refractivity contribution is -0.125. The van der Waals surface area contributed by atoms with Gasteiger partial charge in [0.2, 0.25) is 5.91 Å². The van der Waals surface area contributed by atoms with Crippen molar-refractivity contribution in [1.82, 2.24) is 0 Å². The van der Waals surface area contributed by atoms with Gasteiger partial charge in [0, 0.05) is 16.6 Å². The lowest BCUT2D eigenvalue weighted by Gasteiger charge is -2.46. The van der Waals surface area contributed by atoms with Gasteiger partial charge in [-0.15, -0.1) is 0 Å². The van der Waals surface area contributed by atoms with E-state index in [4.69, 9.17) is 11.6 Å². The summed E-state index contributed by atoms with van der Waals surface area (Å²) in [7, 11) is 0. The second-order valence-electron chi connectivity index (χ2n) is 10.6. The third kappa shape index (κ3) is 5.86. The van der Waals surface area contributed by atoms with Gasteiger partial charge >= 0.3 is 0 Å². The predicted octanol–water partition coefficient (Wildman–Crippen LogP) is 9.29. The molecular weight excluding hydrogens is 462 g/mol. The van der Waals surface area contributed by atoms with E-state index in [-0.39, 0.29) is 17.2 Å². The van der Waals surface area contributed by atoms with Crippen molar-refractivity contribution in [2.45, 2.75) is 78.1 Å². The van der Waals surface area contributed by atoms with Gasteiger partial charge in [-0.2, -0.15) is 0 Å². The van der Waals surface area contributed by atoms with Crippen molar-refractivity contribution in [1.29, 1.82) is 0 Å². The highest BCUT2D eigenvalue weighted by molar-refractivity contribution is 6.30. The molecule has 3 aromatic carbocycles. The normalized spacial score (nSPS) is 20.9. The van der Waals surface area contributed by atoms with Gasteiger partial charge in [-0.3, -0.25) is 4.79 Å². The van der Waals surface area contributed by atoms with Crippen LogP contribution in [0.5, 0.6) is 0 Å². The topological polar surface area (TPSA) is 29.1 Å². The SMILES string of the molecule is CCC(C(=O)Nc1c(C)cccc1C)C1(CCc2cccc(Cl)c2)CCCCCC1c1ccccc1. The van der Waals surface area contributed by atoms with E-state index in [1.54, 1.807) is 0 Å². The number of hydrogen-bond acceptors (Lipinski definition) is 1. The molecule has 3 unspecified atom stereocenters. The predicted molar refractivity (Wildman–Crippen MR) is 153 cm³/mol. The number of halogens is 1. The summed E-state index contributed by atoms with van der Waals surface area (Å²) in [6, 6.07) is 25.4. The van der Waals surface area contributed by atoms with Crippen LogP contribution in [0, 0.1) is 25.2 Å². The minimum Gasteiger partial charge on any atom is -0.325 e. The summed E-state index contributed by atoms with van der Waals surface area (Å²) in [5.74, 6) is 0.455. The Morgan fingerprint density at radius 1 is 0.972 bits per heavy atom. The first-order chi connectivity index (χ1) is 17.4. The van der Waals surface area contributed by atoms with Gasteiger partial charge in [-0.25, -0.2) is 0 Å². The van der Waals surface area contributed by atoms with Crippen molar-refractivity contribution in [2.24, 2.45) is 11.3 Å². The molecule has 0 aliphatic heterocycles. The molecule has 0 saturated heterocycles. The first-order valence-electron chi connectivity index (χ1n) is 13.6. The fraction of sp³-hybridized carbons (Fsp3) is 0.424. The van der Waals surface area contributed by atoms with Gasteiger partial charge in [0.25, 0.3) is 0 Å². The molecule has 0 aromatic heterocycles. The zero-order chi connectivity index (χ0) is 25.5. The van der Waals surface area contributed by atoms with Crippen molar-refractivity contribution >= 4 is 23.2 Å². The highest BCUT2D eigenvalue weighted by Gasteiger charge is 2.48. The molecular formula is C33H40ClNO. The van der Waals surface area contributed by atoms with Gasteiger partial charge in [0.05, 0.1) is 0 Å². The summed E-state index contributed by atoms with van der Waals surface area (Å²) in [5, 5.41) is 4.17. The Hall–Kier alpha value is -2.58. The fourth-order valence-corrected chi connectivity index (χ4v) is 6.87. The largest absolute Gasteiger partial charge is 0.325 e. The van der Waals surface area contributed by atoms with Crippen molar-refractivity contribution in [3.63, 3.8) is 0 Å². The Balaban J connectivity index is 1.76. The number of benzene rings is 3. The standard InChI is InChI=1S/C33H40ClNO/c1-4-29(32(36)35-31-24(2)13-11-14-25(31)3)33(22-20-26-15-12-18-28(34)23-26)21-10-6-9-19-30(33)27-16-7-5-8-17-27/h5,7-8,11-18,23,29-30H,4,6,9-10,19-22H2,1-3H3,(H,35,36). The van der Waals surface area contributed by atoms with Crippen LogP contribution in [0.15, 0.2) is 72.8 Å². The second-order valence-corrected chi connectivity index (χ2v) is 11.1. The summed E-state index contributed by atoms with van der Waals surface area (Å²) in [6.45, 7) is 6.36. The zero-order valence-corrected chi connectivity index (χ0v) is 22.8. The van der Waals surface area contributed by atoms with Crippen molar-refractivity contribution in [2.75, 3.05) is 5.32 Å². The van der Waals surface area contributed by atoms with Crippen molar-refractivity contribution in [3.05, 3.63) is 100 Å². The van der Waals surface area contributed by atoms with Crippen molar-refractivity contribution < 1.29 is 4.79 Å². The smallest absolute Gasteiger partial charge is 0.228 e. The van der Waals surface area contributed by atoms with Gasteiger partial charge in [-0.05, 0) is 91.7 Å². The van der Waals surface area contributed by atoms with Crippen molar-refractivity contribution in [3.8, 4) is 0 Å². The Morgan fingerprint density at radius 3 is 2.39 bits per heavy atom. The summed E-state index contributed by atoms with van der Waals surface area (Å²) in [5.41, 5.74) is 5.72. The minimum atomic E-state index is -0.115.